The van der Waals surface area contributed by atoms with Crippen LogP contribution in [0, 0.1) is 5.82 Å². The van der Waals surface area contributed by atoms with Gasteiger partial charge in [-0.15, -0.1) is 12.4 Å². The van der Waals surface area contributed by atoms with Crippen molar-refractivity contribution in [3.05, 3.63) is 57.5 Å². The van der Waals surface area contributed by atoms with Crippen LogP contribution in [0.1, 0.15) is 22.7 Å². The molecule has 0 spiro atoms. The number of hydrogen-bond donors (Lipinski definition) is 1. The maximum Gasteiger partial charge on any atom is 0.419 e. The number of hydrogen-bond acceptors (Lipinski definition) is 2. The lowest BCUT2D eigenvalue weighted by Gasteiger charge is -2.14. The van der Waals surface area contributed by atoms with Crippen LogP contribution in [0.4, 0.5) is 17.6 Å². The fourth-order valence-electron chi connectivity index (χ4n) is 1.60. The first-order valence-electron chi connectivity index (χ1n) is 5.04. The summed E-state index contributed by atoms with van der Waals surface area (Å²) in [5, 5.41) is 3.53. The lowest BCUT2D eigenvalue weighted by molar-refractivity contribution is -0.140. The summed E-state index contributed by atoms with van der Waals surface area (Å²) in [6.07, 6.45) is -4.71. The van der Waals surface area contributed by atoms with Crippen LogP contribution in [0.2, 0.25) is 0 Å². The molecule has 19 heavy (non-hydrogen) atoms. The van der Waals surface area contributed by atoms with E-state index in [1.807, 2.05) is 0 Å². The van der Waals surface area contributed by atoms with E-state index in [0.717, 1.165) is 12.1 Å². The third kappa shape index (κ3) is 3.46. The quantitative estimate of drug-likeness (QED) is 0.819. The summed E-state index contributed by atoms with van der Waals surface area (Å²) in [5.41, 5.74) is 5.50. The minimum absolute atomic E-state index is 0. The summed E-state index contributed by atoms with van der Waals surface area (Å²) in [6.45, 7) is 0. The van der Waals surface area contributed by atoms with Gasteiger partial charge in [-0.1, -0.05) is 6.07 Å². The molecule has 0 saturated carbocycles. The maximum absolute atomic E-state index is 13.1. The smallest absolute Gasteiger partial charge is 0.320 e. The van der Waals surface area contributed by atoms with Crippen molar-refractivity contribution in [2.24, 2.45) is 5.73 Å². The van der Waals surface area contributed by atoms with Crippen molar-refractivity contribution >= 4 is 23.7 Å². The van der Waals surface area contributed by atoms with Crippen molar-refractivity contribution in [3.63, 3.8) is 0 Å². The van der Waals surface area contributed by atoms with Crippen LogP contribution in [0.3, 0.4) is 0 Å². The maximum atomic E-state index is 13.1. The van der Waals surface area contributed by atoms with E-state index in [4.69, 9.17) is 5.73 Å². The lowest BCUT2D eigenvalue weighted by atomic mass is 10.00. The van der Waals surface area contributed by atoms with Gasteiger partial charge in [-0.3, -0.25) is 0 Å². The average Bonchev–Trinajstić information content (AvgIpc) is 2.80. The zero-order valence-corrected chi connectivity index (χ0v) is 11.1. The highest BCUT2D eigenvalue weighted by atomic mass is 35.5. The molecule has 104 valence electrons. The highest BCUT2D eigenvalue weighted by Crippen LogP contribution is 2.33. The Morgan fingerprint density at radius 2 is 1.79 bits per heavy atom. The van der Waals surface area contributed by atoms with E-state index in [-0.39, 0.29) is 18.0 Å². The fourth-order valence-corrected chi connectivity index (χ4v) is 2.29. The first-order chi connectivity index (χ1) is 8.39. The third-order valence-corrected chi connectivity index (χ3v) is 3.26. The van der Waals surface area contributed by atoms with Crippen LogP contribution in [-0.4, -0.2) is 0 Å². The van der Waals surface area contributed by atoms with Gasteiger partial charge in [0.05, 0.1) is 11.6 Å². The Labute approximate surface area is 117 Å². The molecule has 0 aliphatic rings. The topological polar surface area (TPSA) is 26.0 Å². The van der Waals surface area contributed by atoms with Crippen LogP contribution < -0.4 is 5.73 Å². The molecule has 0 amide bonds. The molecule has 1 aromatic heterocycles. The molecular formula is C12H10ClF4NS. The van der Waals surface area contributed by atoms with Crippen LogP contribution in [-0.2, 0) is 6.18 Å². The van der Waals surface area contributed by atoms with Crippen molar-refractivity contribution in [2.75, 3.05) is 0 Å². The molecule has 2 N–H and O–H groups in total. The van der Waals surface area contributed by atoms with Crippen LogP contribution in [0.5, 0.6) is 0 Å². The number of rotatable bonds is 2. The Morgan fingerprint density at radius 1 is 1.11 bits per heavy atom. The number of alkyl halides is 3. The summed E-state index contributed by atoms with van der Waals surface area (Å²) in [4.78, 5) is 0. The Balaban J connectivity index is 0.00000180. The van der Waals surface area contributed by atoms with E-state index in [1.54, 1.807) is 16.8 Å². The number of benzene rings is 1. The SMILES string of the molecule is Cl.N[C@H](c1ccsc1)c1ccc(F)c(C(F)(F)F)c1. The van der Waals surface area contributed by atoms with Gasteiger partial charge < -0.3 is 5.73 Å². The van der Waals surface area contributed by atoms with Gasteiger partial charge in [0.15, 0.2) is 0 Å². The van der Waals surface area contributed by atoms with Crippen LogP contribution in [0.15, 0.2) is 35.0 Å². The van der Waals surface area contributed by atoms with E-state index < -0.39 is 23.6 Å². The molecule has 0 unspecified atom stereocenters. The minimum Gasteiger partial charge on any atom is -0.320 e. The van der Waals surface area contributed by atoms with E-state index >= 15 is 0 Å². The normalized spacial score (nSPS) is 12.9. The first kappa shape index (κ1) is 15.9. The monoisotopic (exact) mass is 311 g/mol. The van der Waals surface area contributed by atoms with E-state index in [0.29, 0.717) is 5.56 Å². The Morgan fingerprint density at radius 3 is 2.32 bits per heavy atom. The summed E-state index contributed by atoms with van der Waals surface area (Å²) in [7, 11) is 0. The molecule has 0 bridgehead atoms. The summed E-state index contributed by atoms with van der Waals surface area (Å²) >= 11 is 1.40. The Hall–Kier alpha value is -1.11. The molecule has 0 radical (unpaired) electrons. The van der Waals surface area contributed by atoms with E-state index in [1.165, 1.54) is 17.4 Å². The van der Waals surface area contributed by atoms with Crippen molar-refractivity contribution in [3.8, 4) is 0 Å². The van der Waals surface area contributed by atoms with Crippen molar-refractivity contribution < 1.29 is 17.6 Å². The molecule has 0 fully saturated rings. The van der Waals surface area contributed by atoms with Gasteiger partial charge in [0.2, 0.25) is 0 Å². The zero-order valence-electron chi connectivity index (χ0n) is 9.45. The van der Waals surface area contributed by atoms with Crippen LogP contribution >= 0.6 is 23.7 Å². The predicted molar refractivity (Wildman–Crippen MR) is 69.0 cm³/mol. The van der Waals surface area contributed by atoms with E-state index in [2.05, 4.69) is 0 Å². The molecule has 2 aromatic rings. The average molecular weight is 312 g/mol. The zero-order chi connectivity index (χ0) is 13.3. The molecule has 1 heterocycles. The first-order valence-corrected chi connectivity index (χ1v) is 5.98. The lowest BCUT2D eigenvalue weighted by Crippen LogP contribution is -2.14. The van der Waals surface area contributed by atoms with Gasteiger partial charge in [0.1, 0.15) is 5.82 Å². The second kappa shape index (κ2) is 5.90. The Kier molecular flexibility index (Phi) is 4.95. The second-order valence-corrected chi connectivity index (χ2v) is 4.55. The van der Waals surface area contributed by atoms with Gasteiger partial charge in [-0.05, 0) is 40.1 Å². The molecular weight excluding hydrogens is 302 g/mol. The van der Waals surface area contributed by atoms with E-state index in [9.17, 15) is 17.6 Å². The summed E-state index contributed by atoms with van der Waals surface area (Å²) in [6, 6.07) is 3.87. The summed E-state index contributed by atoms with van der Waals surface area (Å²) < 4.78 is 50.8. The van der Waals surface area contributed by atoms with Crippen molar-refractivity contribution in [1.29, 1.82) is 0 Å². The number of thiophene rings is 1. The molecule has 1 nitrogen and oxygen atoms in total. The molecule has 0 aliphatic carbocycles. The van der Waals surface area contributed by atoms with Crippen molar-refractivity contribution in [1.82, 2.24) is 0 Å². The third-order valence-electron chi connectivity index (χ3n) is 2.56. The Bertz CT molecular complexity index is 539. The van der Waals surface area contributed by atoms with Gasteiger partial charge >= 0.3 is 6.18 Å². The van der Waals surface area contributed by atoms with Gasteiger partial charge in [0, 0.05) is 0 Å². The second-order valence-electron chi connectivity index (χ2n) is 3.77. The van der Waals surface area contributed by atoms with Crippen molar-refractivity contribution in [2.45, 2.75) is 12.2 Å². The molecule has 2 rings (SSSR count). The van der Waals surface area contributed by atoms with Gasteiger partial charge in [-0.2, -0.15) is 24.5 Å². The fraction of sp³-hybridized carbons (Fsp3) is 0.167. The molecule has 0 saturated heterocycles. The van der Waals surface area contributed by atoms with Gasteiger partial charge in [-0.25, -0.2) is 4.39 Å². The minimum atomic E-state index is -4.71. The number of nitrogens with two attached hydrogens (primary N) is 1. The molecule has 1 atom stereocenters. The summed E-state index contributed by atoms with van der Waals surface area (Å²) in [5.74, 6) is -1.29. The molecule has 1 aromatic carbocycles. The molecule has 7 heteroatoms. The predicted octanol–water partition coefficient (Wildman–Crippen LogP) is 4.38. The largest absolute Gasteiger partial charge is 0.419 e. The van der Waals surface area contributed by atoms with Crippen LogP contribution in [0.25, 0.3) is 0 Å². The molecule has 0 aliphatic heterocycles. The standard InChI is InChI=1S/C12H9F4NS.ClH/c13-10-2-1-7(5-9(10)12(14,15)16)11(17)8-3-4-18-6-8;/h1-6,11H,17H2;1H/t11-;/m0./s1. The highest BCUT2D eigenvalue weighted by molar-refractivity contribution is 7.08. The van der Waals surface area contributed by atoms with Gasteiger partial charge in [0.25, 0.3) is 0 Å². The number of halogens is 5. The highest BCUT2D eigenvalue weighted by Gasteiger charge is 2.34.